The first-order valence-corrected chi connectivity index (χ1v) is 10.3. The maximum atomic E-state index is 11.7. The first-order valence-electron chi connectivity index (χ1n) is 8.77. The van der Waals surface area contributed by atoms with Gasteiger partial charge in [-0.2, -0.15) is 5.10 Å². The quantitative estimate of drug-likeness (QED) is 0.357. The number of hydrogen-bond acceptors (Lipinski definition) is 4. The second-order valence-corrected chi connectivity index (χ2v) is 7.73. The molecule has 0 saturated carbocycles. The minimum Gasteiger partial charge on any atom is -0.462 e. The van der Waals surface area contributed by atoms with Gasteiger partial charge in [-0.05, 0) is 77.0 Å². The number of rotatable bonds is 6. The Bertz CT molecular complexity index is 1010. The summed E-state index contributed by atoms with van der Waals surface area (Å²) in [5, 5.41) is 11.7. The van der Waals surface area contributed by atoms with E-state index in [1.54, 1.807) is 35.9 Å². The third kappa shape index (κ3) is 6.03. The molecular formula is C20H18BrClN4O2S. The third-order valence-electron chi connectivity index (χ3n) is 3.86. The van der Waals surface area contributed by atoms with Crippen LogP contribution in [0.3, 0.4) is 0 Å². The molecule has 6 nitrogen and oxygen atoms in total. The van der Waals surface area contributed by atoms with E-state index in [4.69, 9.17) is 28.6 Å². The highest BCUT2D eigenvalue weighted by atomic mass is 79.9. The number of aromatic nitrogens is 2. The molecule has 29 heavy (non-hydrogen) atoms. The van der Waals surface area contributed by atoms with Crippen LogP contribution in [-0.4, -0.2) is 27.5 Å². The lowest BCUT2D eigenvalue weighted by atomic mass is 10.2. The summed E-state index contributed by atoms with van der Waals surface area (Å²) in [6.45, 7) is 2.71. The van der Waals surface area contributed by atoms with Crippen LogP contribution in [0.1, 0.15) is 22.8 Å². The van der Waals surface area contributed by atoms with Crippen LogP contribution in [0, 0.1) is 0 Å². The maximum absolute atomic E-state index is 11.7. The normalized spacial score (nSPS) is 10.4. The Morgan fingerprint density at radius 1 is 1.17 bits per heavy atom. The maximum Gasteiger partial charge on any atom is 0.338 e. The van der Waals surface area contributed by atoms with Gasteiger partial charge in [0.15, 0.2) is 10.9 Å². The van der Waals surface area contributed by atoms with E-state index in [9.17, 15) is 4.79 Å². The number of thiocarbonyl (C=S) groups is 1. The molecule has 0 fully saturated rings. The zero-order chi connectivity index (χ0) is 20.8. The minimum atomic E-state index is -0.352. The van der Waals surface area contributed by atoms with Crippen LogP contribution in [0.2, 0.25) is 5.02 Å². The van der Waals surface area contributed by atoms with Gasteiger partial charge in [-0.25, -0.2) is 4.79 Å². The van der Waals surface area contributed by atoms with Gasteiger partial charge in [0.05, 0.1) is 23.2 Å². The molecule has 0 bridgehead atoms. The number of anilines is 2. The molecule has 0 radical (unpaired) electrons. The van der Waals surface area contributed by atoms with Gasteiger partial charge >= 0.3 is 5.97 Å². The van der Waals surface area contributed by atoms with Gasteiger partial charge in [-0.15, -0.1) is 0 Å². The van der Waals surface area contributed by atoms with Crippen molar-refractivity contribution in [3.63, 3.8) is 0 Å². The molecule has 2 aromatic carbocycles. The van der Waals surface area contributed by atoms with Gasteiger partial charge in [0.25, 0.3) is 0 Å². The summed E-state index contributed by atoms with van der Waals surface area (Å²) >= 11 is 14.8. The summed E-state index contributed by atoms with van der Waals surface area (Å²) in [4.78, 5) is 11.7. The van der Waals surface area contributed by atoms with Crippen molar-refractivity contribution in [3.8, 4) is 0 Å². The van der Waals surface area contributed by atoms with Crippen molar-refractivity contribution in [2.24, 2.45) is 0 Å². The second kappa shape index (κ2) is 9.87. The number of nitrogens with zero attached hydrogens (tertiary/aromatic N) is 2. The molecule has 0 unspecified atom stereocenters. The number of hydrogen-bond donors (Lipinski definition) is 2. The van der Waals surface area contributed by atoms with E-state index in [-0.39, 0.29) is 5.97 Å². The highest BCUT2D eigenvalue weighted by molar-refractivity contribution is 9.10. The molecule has 0 aliphatic carbocycles. The van der Waals surface area contributed by atoms with Crippen molar-refractivity contribution >= 4 is 62.3 Å². The lowest BCUT2D eigenvalue weighted by Crippen LogP contribution is -2.20. The number of benzene rings is 2. The lowest BCUT2D eigenvalue weighted by Gasteiger charge is -2.09. The standard InChI is InChI=1S/C20H18BrClN4O2S/c1-2-28-19(27)14-5-9-16(10-6-14)23-20(29)24-18-17(21)12-26(25-18)11-13-3-7-15(22)8-4-13/h3-10,12H,2,11H2,1H3,(H2,23,24,25,29). The molecule has 0 spiro atoms. The highest BCUT2D eigenvalue weighted by Crippen LogP contribution is 2.21. The van der Waals surface area contributed by atoms with Crippen molar-refractivity contribution in [2.45, 2.75) is 13.5 Å². The topological polar surface area (TPSA) is 68.2 Å². The van der Waals surface area contributed by atoms with Crippen LogP contribution in [0.25, 0.3) is 0 Å². The fraction of sp³-hybridized carbons (Fsp3) is 0.150. The van der Waals surface area contributed by atoms with E-state index in [2.05, 4.69) is 31.7 Å². The highest BCUT2D eigenvalue weighted by Gasteiger charge is 2.10. The number of nitrogens with one attached hydrogen (secondary N) is 2. The van der Waals surface area contributed by atoms with Crippen LogP contribution in [0.15, 0.2) is 59.2 Å². The number of halogens is 2. The molecular weight excluding hydrogens is 476 g/mol. The predicted molar refractivity (Wildman–Crippen MR) is 123 cm³/mol. The minimum absolute atomic E-state index is 0.340. The number of carbonyl (C=O) groups is 1. The summed E-state index contributed by atoms with van der Waals surface area (Å²) in [6.07, 6.45) is 1.87. The largest absolute Gasteiger partial charge is 0.462 e. The van der Waals surface area contributed by atoms with Gasteiger partial charge in [-0.3, -0.25) is 4.68 Å². The third-order valence-corrected chi connectivity index (χ3v) is 4.90. The van der Waals surface area contributed by atoms with E-state index >= 15 is 0 Å². The molecule has 0 atom stereocenters. The van der Waals surface area contributed by atoms with Gasteiger partial charge < -0.3 is 15.4 Å². The lowest BCUT2D eigenvalue weighted by molar-refractivity contribution is 0.0526. The molecule has 3 rings (SSSR count). The molecule has 150 valence electrons. The van der Waals surface area contributed by atoms with E-state index in [1.807, 2.05) is 30.5 Å². The first kappa shape index (κ1) is 21.3. The van der Waals surface area contributed by atoms with E-state index in [0.717, 1.165) is 15.7 Å². The predicted octanol–water partition coefficient (Wildman–Crippen LogP) is 5.33. The Balaban J connectivity index is 1.60. The molecule has 1 heterocycles. The first-order chi connectivity index (χ1) is 13.9. The van der Waals surface area contributed by atoms with Crippen molar-refractivity contribution in [1.82, 2.24) is 9.78 Å². The summed E-state index contributed by atoms with van der Waals surface area (Å²) in [6, 6.07) is 14.5. The smallest absolute Gasteiger partial charge is 0.338 e. The summed E-state index contributed by atoms with van der Waals surface area (Å²) in [5.41, 5.74) is 2.31. The second-order valence-electron chi connectivity index (χ2n) is 6.03. The molecule has 2 N–H and O–H groups in total. The Hall–Kier alpha value is -2.42. The molecule has 9 heteroatoms. The average molecular weight is 494 g/mol. The molecule has 0 saturated heterocycles. The van der Waals surface area contributed by atoms with Crippen molar-refractivity contribution in [3.05, 3.63) is 75.4 Å². The zero-order valence-corrected chi connectivity index (χ0v) is 18.6. The summed E-state index contributed by atoms with van der Waals surface area (Å²) in [7, 11) is 0. The summed E-state index contributed by atoms with van der Waals surface area (Å²) < 4.78 is 7.56. The van der Waals surface area contributed by atoms with E-state index < -0.39 is 0 Å². The van der Waals surface area contributed by atoms with Crippen LogP contribution >= 0.6 is 39.7 Å². The number of ether oxygens (including phenoxy) is 1. The average Bonchev–Trinajstić information content (AvgIpc) is 3.03. The van der Waals surface area contributed by atoms with E-state index in [1.165, 1.54) is 0 Å². The fourth-order valence-electron chi connectivity index (χ4n) is 2.51. The summed E-state index contributed by atoms with van der Waals surface area (Å²) in [5.74, 6) is 0.245. The van der Waals surface area contributed by atoms with Gasteiger partial charge in [0.2, 0.25) is 0 Å². The Kier molecular flexibility index (Phi) is 7.24. The monoisotopic (exact) mass is 492 g/mol. The van der Waals surface area contributed by atoms with Crippen molar-refractivity contribution < 1.29 is 9.53 Å². The number of carbonyl (C=O) groups excluding carboxylic acids is 1. The zero-order valence-electron chi connectivity index (χ0n) is 15.5. The van der Waals surface area contributed by atoms with Crippen LogP contribution in [0.5, 0.6) is 0 Å². The Labute approximate surface area is 187 Å². The molecule has 3 aromatic rings. The molecule has 1 aromatic heterocycles. The Morgan fingerprint density at radius 3 is 2.52 bits per heavy atom. The fourth-order valence-corrected chi connectivity index (χ4v) is 3.27. The van der Waals surface area contributed by atoms with Crippen LogP contribution in [-0.2, 0) is 11.3 Å². The molecule has 0 aliphatic rings. The number of esters is 1. The van der Waals surface area contributed by atoms with Crippen LogP contribution < -0.4 is 10.6 Å². The Morgan fingerprint density at radius 2 is 1.86 bits per heavy atom. The van der Waals surface area contributed by atoms with Gasteiger partial charge in [-0.1, -0.05) is 23.7 Å². The van der Waals surface area contributed by atoms with Gasteiger partial charge in [0.1, 0.15) is 0 Å². The van der Waals surface area contributed by atoms with E-state index in [0.29, 0.717) is 34.7 Å². The van der Waals surface area contributed by atoms with Gasteiger partial charge in [0, 0.05) is 16.9 Å². The molecule has 0 amide bonds. The van der Waals surface area contributed by atoms with Crippen molar-refractivity contribution in [1.29, 1.82) is 0 Å². The molecule has 0 aliphatic heterocycles. The van der Waals surface area contributed by atoms with Crippen molar-refractivity contribution in [2.75, 3.05) is 17.2 Å². The van der Waals surface area contributed by atoms with Crippen LogP contribution in [0.4, 0.5) is 11.5 Å². The SMILES string of the molecule is CCOC(=O)c1ccc(NC(=S)Nc2nn(Cc3ccc(Cl)cc3)cc2Br)cc1.